The van der Waals surface area contributed by atoms with Gasteiger partial charge in [-0.15, -0.1) is 10.2 Å². The average molecular weight is 271 g/mol. The van der Waals surface area contributed by atoms with Crippen molar-refractivity contribution in [3.8, 4) is 11.4 Å². The number of benzene rings is 1. The Morgan fingerprint density at radius 1 is 1.16 bits per heavy atom. The monoisotopic (exact) mass is 271 g/mol. The van der Waals surface area contributed by atoms with Crippen molar-refractivity contribution < 1.29 is 18.3 Å². The second-order valence-corrected chi connectivity index (χ2v) is 4.32. The lowest BCUT2D eigenvalue weighted by atomic mass is 10.2. The molecule has 0 saturated heterocycles. The normalized spacial score (nSPS) is 11.3. The molecule has 0 aliphatic heterocycles. The lowest BCUT2D eigenvalue weighted by Gasteiger charge is -2.13. The van der Waals surface area contributed by atoms with E-state index >= 15 is 0 Å². The Balaban J connectivity index is 2.62. The molecule has 0 amide bonds. The number of rotatable bonds is 3. The molecule has 0 saturated carbocycles. The van der Waals surface area contributed by atoms with Crippen LogP contribution in [-0.2, 0) is 6.61 Å². The highest BCUT2D eigenvalue weighted by molar-refractivity contribution is 5.56. The van der Waals surface area contributed by atoms with Crippen LogP contribution in [0.15, 0.2) is 12.1 Å². The van der Waals surface area contributed by atoms with Gasteiger partial charge >= 0.3 is 0 Å². The first-order valence-electron chi connectivity index (χ1n) is 5.65. The summed E-state index contributed by atoms with van der Waals surface area (Å²) in [5, 5.41) is 16.7. The summed E-state index contributed by atoms with van der Waals surface area (Å²) >= 11 is 0. The van der Waals surface area contributed by atoms with E-state index in [0.717, 1.165) is 12.1 Å². The van der Waals surface area contributed by atoms with E-state index in [4.69, 9.17) is 5.11 Å². The van der Waals surface area contributed by atoms with Crippen molar-refractivity contribution in [3.05, 3.63) is 35.4 Å². The zero-order valence-corrected chi connectivity index (χ0v) is 10.4. The van der Waals surface area contributed by atoms with E-state index in [9.17, 15) is 13.2 Å². The SMILES string of the molecule is CC(C)n1c(CO)nnc1-c1cc(F)c(F)c(F)c1. The van der Waals surface area contributed by atoms with Gasteiger partial charge < -0.3 is 9.67 Å². The van der Waals surface area contributed by atoms with Crippen molar-refractivity contribution in [1.82, 2.24) is 14.8 Å². The van der Waals surface area contributed by atoms with Crippen LogP contribution < -0.4 is 0 Å². The first-order valence-corrected chi connectivity index (χ1v) is 5.65. The number of hydrogen-bond donors (Lipinski definition) is 1. The molecule has 19 heavy (non-hydrogen) atoms. The molecule has 0 aliphatic carbocycles. The minimum absolute atomic E-state index is 0.0669. The van der Waals surface area contributed by atoms with Crippen LogP contribution in [0.25, 0.3) is 11.4 Å². The third-order valence-corrected chi connectivity index (χ3v) is 2.67. The highest BCUT2D eigenvalue weighted by atomic mass is 19.2. The van der Waals surface area contributed by atoms with Crippen LogP contribution in [0.3, 0.4) is 0 Å². The van der Waals surface area contributed by atoms with Gasteiger partial charge in [-0.3, -0.25) is 0 Å². The fraction of sp³-hybridized carbons (Fsp3) is 0.333. The quantitative estimate of drug-likeness (QED) is 0.872. The summed E-state index contributed by atoms with van der Waals surface area (Å²) in [5.41, 5.74) is 0.0669. The van der Waals surface area contributed by atoms with Crippen LogP contribution in [0.1, 0.15) is 25.7 Å². The highest BCUT2D eigenvalue weighted by Crippen LogP contribution is 2.25. The Labute approximate surface area is 107 Å². The molecule has 0 atom stereocenters. The molecule has 1 N–H and O–H groups in total. The lowest BCUT2D eigenvalue weighted by molar-refractivity contribution is 0.262. The van der Waals surface area contributed by atoms with Gasteiger partial charge in [0.15, 0.2) is 29.1 Å². The topological polar surface area (TPSA) is 50.9 Å². The molecule has 0 radical (unpaired) electrons. The van der Waals surface area contributed by atoms with E-state index in [-0.39, 0.29) is 29.9 Å². The Morgan fingerprint density at radius 3 is 2.21 bits per heavy atom. The number of hydrogen-bond acceptors (Lipinski definition) is 3. The van der Waals surface area contributed by atoms with Gasteiger partial charge in [-0.05, 0) is 26.0 Å². The number of halogens is 3. The molecular formula is C12H12F3N3O. The maximum atomic E-state index is 13.2. The summed E-state index contributed by atoms with van der Waals surface area (Å²) in [4.78, 5) is 0. The van der Waals surface area contributed by atoms with Crippen LogP contribution in [0, 0.1) is 17.5 Å². The Bertz CT molecular complexity index is 587. The van der Waals surface area contributed by atoms with E-state index in [1.54, 1.807) is 0 Å². The Kier molecular flexibility index (Phi) is 3.57. The van der Waals surface area contributed by atoms with E-state index in [1.807, 2.05) is 13.8 Å². The second kappa shape index (κ2) is 5.00. The molecule has 0 aliphatic rings. The van der Waals surface area contributed by atoms with Crippen molar-refractivity contribution in [2.75, 3.05) is 0 Å². The number of nitrogens with zero attached hydrogens (tertiary/aromatic N) is 3. The third-order valence-electron chi connectivity index (χ3n) is 2.67. The van der Waals surface area contributed by atoms with Crippen LogP contribution in [-0.4, -0.2) is 19.9 Å². The van der Waals surface area contributed by atoms with E-state index in [2.05, 4.69) is 10.2 Å². The molecule has 0 fully saturated rings. The van der Waals surface area contributed by atoms with Crippen LogP contribution in [0.4, 0.5) is 13.2 Å². The molecule has 2 aromatic rings. The van der Waals surface area contributed by atoms with E-state index in [1.165, 1.54) is 4.57 Å². The fourth-order valence-corrected chi connectivity index (χ4v) is 1.86. The van der Waals surface area contributed by atoms with Crippen LogP contribution in [0.2, 0.25) is 0 Å². The number of aliphatic hydroxyl groups excluding tert-OH is 1. The summed E-state index contributed by atoms with van der Waals surface area (Å²) in [6.45, 7) is 3.27. The largest absolute Gasteiger partial charge is 0.388 e. The van der Waals surface area contributed by atoms with Crippen molar-refractivity contribution in [2.24, 2.45) is 0 Å². The first kappa shape index (κ1) is 13.5. The van der Waals surface area contributed by atoms with Crippen molar-refractivity contribution >= 4 is 0 Å². The van der Waals surface area contributed by atoms with Gasteiger partial charge in [0, 0.05) is 11.6 Å². The highest BCUT2D eigenvalue weighted by Gasteiger charge is 2.19. The van der Waals surface area contributed by atoms with Gasteiger partial charge in [-0.2, -0.15) is 0 Å². The minimum Gasteiger partial charge on any atom is -0.388 e. The standard InChI is InChI=1S/C12H12F3N3O/c1-6(2)18-10(5-19)16-17-12(18)7-3-8(13)11(15)9(14)4-7/h3-4,6,19H,5H2,1-2H3. The van der Waals surface area contributed by atoms with Gasteiger partial charge in [0.1, 0.15) is 6.61 Å². The molecule has 0 spiro atoms. The van der Waals surface area contributed by atoms with E-state index in [0.29, 0.717) is 0 Å². The minimum atomic E-state index is -1.53. The molecule has 7 heteroatoms. The van der Waals surface area contributed by atoms with Crippen molar-refractivity contribution in [1.29, 1.82) is 0 Å². The lowest BCUT2D eigenvalue weighted by Crippen LogP contribution is -2.08. The maximum absolute atomic E-state index is 13.2. The molecule has 102 valence electrons. The average Bonchev–Trinajstić information content (AvgIpc) is 2.79. The van der Waals surface area contributed by atoms with Crippen LogP contribution >= 0.6 is 0 Å². The van der Waals surface area contributed by atoms with Gasteiger partial charge in [0.2, 0.25) is 0 Å². The zero-order valence-electron chi connectivity index (χ0n) is 10.4. The van der Waals surface area contributed by atoms with Gasteiger partial charge in [0.25, 0.3) is 0 Å². The van der Waals surface area contributed by atoms with Crippen LogP contribution in [0.5, 0.6) is 0 Å². The maximum Gasteiger partial charge on any atom is 0.194 e. The van der Waals surface area contributed by atoms with Gasteiger partial charge in [0.05, 0.1) is 0 Å². The van der Waals surface area contributed by atoms with Crippen molar-refractivity contribution in [2.45, 2.75) is 26.5 Å². The second-order valence-electron chi connectivity index (χ2n) is 4.32. The van der Waals surface area contributed by atoms with Gasteiger partial charge in [-0.25, -0.2) is 13.2 Å². The smallest absolute Gasteiger partial charge is 0.194 e. The van der Waals surface area contributed by atoms with Crippen molar-refractivity contribution in [3.63, 3.8) is 0 Å². The molecule has 2 rings (SSSR count). The summed E-state index contributed by atoms with van der Waals surface area (Å²) < 4.78 is 40.9. The summed E-state index contributed by atoms with van der Waals surface area (Å²) in [5.74, 6) is -3.66. The summed E-state index contributed by atoms with van der Waals surface area (Å²) in [7, 11) is 0. The number of aromatic nitrogens is 3. The molecular weight excluding hydrogens is 259 g/mol. The predicted molar refractivity (Wildman–Crippen MR) is 61.6 cm³/mol. The Hall–Kier alpha value is -1.89. The molecule has 1 heterocycles. The summed E-state index contributed by atoms with van der Waals surface area (Å²) in [6, 6.07) is 1.58. The third kappa shape index (κ3) is 2.33. The molecule has 0 unspecified atom stereocenters. The van der Waals surface area contributed by atoms with Gasteiger partial charge in [-0.1, -0.05) is 0 Å². The molecule has 1 aromatic heterocycles. The number of aliphatic hydroxyl groups is 1. The first-order chi connectivity index (χ1) is 8.95. The fourth-order valence-electron chi connectivity index (χ4n) is 1.86. The molecule has 0 bridgehead atoms. The summed E-state index contributed by atoms with van der Waals surface area (Å²) in [6.07, 6.45) is 0. The predicted octanol–water partition coefficient (Wildman–Crippen LogP) is 2.44. The van der Waals surface area contributed by atoms with E-state index < -0.39 is 17.5 Å². The molecule has 1 aromatic carbocycles. The molecule has 4 nitrogen and oxygen atoms in total. The zero-order chi connectivity index (χ0) is 14.2. The Morgan fingerprint density at radius 2 is 1.74 bits per heavy atom.